The summed E-state index contributed by atoms with van der Waals surface area (Å²) in [6.07, 6.45) is -15.5. The Kier molecular flexibility index (Phi) is 41.1. The molecule has 6 aromatic heterocycles. The van der Waals surface area contributed by atoms with Crippen LogP contribution in [0, 0.1) is 22.7 Å². The van der Waals surface area contributed by atoms with Crippen LogP contribution >= 0.6 is 78.3 Å². The molecule has 0 aliphatic carbocycles. The van der Waals surface area contributed by atoms with Crippen molar-refractivity contribution in [2.45, 2.75) is 228 Å². The molecule has 824 valence electrons. The Morgan fingerprint density at radius 2 is 0.785 bits per heavy atom. The SMILES string of the molecule is CC(C)(C)OC(=O)N1CSC[C@H]1C(=O)O.CC(C)(C)OC(=O)N1CSC[C@H]1C(=O)OCC#N.CC(C)(C)OC(=O)N1CSC[C@H]1C(=O)OCC#N.CC(C)(C)OC(=O)N1CSC[C@H]1C(=O)O[C@H]1[C@@H](O)[C@H](n2cnc3c(N)ncnc32)O[C@@H]1COP(=O)(O)O[C@H]1C[C@H](n2ccc(N)nc2=O)O[C@@H]1COP(=O)(O)O.Nc1ccn([C@H]2C[C@H](OP(=O)(O)OC[C@H]3O[C@@H](n4cnc5c(N)ncnc54)[C@H](O)[C@@H]3O)[C@@H](COP(=O)(O)O)O2)c(=O)n1. The van der Waals surface area contributed by atoms with Crippen molar-refractivity contribution < 1.29 is 186 Å². The fraction of sp³-hybridized carbons (Fsp3) is 0.641. The number of rotatable bonds is 27. The van der Waals surface area contributed by atoms with Crippen LogP contribution in [0.1, 0.15) is 121 Å². The summed E-state index contributed by atoms with van der Waals surface area (Å²) in [6.45, 7) is 17.0. The van der Waals surface area contributed by atoms with Gasteiger partial charge in [0.15, 0.2) is 54.7 Å². The predicted molar refractivity (Wildman–Crippen MR) is 513 cm³/mol. The lowest BCUT2D eigenvalue weighted by Gasteiger charge is -2.28. The molecule has 6 aromatic rings. The van der Waals surface area contributed by atoms with Gasteiger partial charge in [0.05, 0.1) is 62.6 Å². The first-order valence-electron chi connectivity index (χ1n) is 44.2. The highest BCUT2D eigenvalue weighted by Gasteiger charge is 2.54. The molecule has 8 aliphatic rings. The van der Waals surface area contributed by atoms with Crippen molar-refractivity contribution in [3.05, 3.63) is 70.8 Å². The zero-order valence-electron chi connectivity index (χ0n) is 81.2. The maximum atomic E-state index is 13.6. The second-order valence-electron chi connectivity index (χ2n) is 36.6. The number of carbonyl (C=O) groups is 8. The largest absolute Gasteiger partial charge is 0.480 e. The minimum Gasteiger partial charge on any atom is -0.480 e. The molecule has 149 heavy (non-hydrogen) atoms. The molecule has 0 aromatic carbocycles. The number of aromatic nitrogens is 12. The van der Waals surface area contributed by atoms with Crippen molar-refractivity contribution in [1.29, 1.82) is 10.5 Å². The fourth-order valence-electron chi connectivity index (χ4n) is 14.2. The molecule has 8 fully saturated rings. The van der Waals surface area contributed by atoms with E-state index in [4.69, 9.17) is 119 Å². The number of anilines is 4. The number of carboxylic acids is 1. The number of nitrogens with two attached hydrogens (primary N) is 4. The Labute approximate surface area is 862 Å². The number of aliphatic hydroxyl groups is 3. The van der Waals surface area contributed by atoms with E-state index < -0.39 is 250 Å². The molecule has 14 rings (SSSR count). The maximum Gasteiger partial charge on any atom is 0.472 e. The van der Waals surface area contributed by atoms with E-state index in [9.17, 15) is 101 Å². The molecule has 0 radical (unpaired) electrons. The van der Waals surface area contributed by atoms with Crippen LogP contribution < -0.4 is 34.3 Å². The van der Waals surface area contributed by atoms with Gasteiger partial charge >= 0.3 is 90.9 Å². The molecular formula is C78H112N22O41P4S4. The van der Waals surface area contributed by atoms with Crippen LogP contribution in [0.3, 0.4) is 0 Å². The van der Waals surface area contributed by atoms with Crippen molar-refractivity contribution in [3.63, 3.8) is 0 Å². The van der Waals surface area contributed by atoms with Crippen LogP contribution in [0.5, 0.6) is 0 Å². The molecule has 20 atom stereocenters. The molecule has 0 saturated carbocycles. The third-order valence-corrected chi connectivity index (χ3v) is 27.8. The third-order valence-electron chi connectivity index (χ3n) is 20.8. The smallest absolute Gasteiger partial charge is 0.472 e. The number of ether oxygens (including phenoxy) is 11. The number of imidazole rings is 2. The molecule has 8 aliphatic heterocycles. The number of esters is 3. The quantitative estimate of drug-likeness (QED) is 0.0197. The Morgan fingerprint density at radius 1 is 0.450 bits per heavy atom. The number of aliphatic hydroxyl groups excluding tert-OH is 3. The lowest BCUT2D eigenvalue weighted by atomic mass is 10.1. The second-order valence-corrected chi connectivity index (χ2v) is 45.9. The molecule has 2 unspecified atom stereocenters. The summed E-state index contributed by atoms with van der Waals surface area (Å²) in [5, 5.41) is 58.2. The molecule has 4 amide bonds. The Hall–Kier alpha value is -10.4. The van der Waals surface area contributed by atoms with Gasteiger partial charge in [-0.15, -0.1) is 47.0 Å². The summed E-state index contributed by atoms with van der Waals surface area (Å²) in [4.78, 5) is 215. The van der Waals surface area contributed by atoms with Crippen LogP contribution in [0.2, 0.25) is 0 Å². The average Bonchev–Trinajstić information content (AvgIpc) is 1.62. The molecule has 63 nitrogen and oxygen atoms in total. The van der Waals surface area contributed by atoms with Gasteiger partial charge in [0.25, 0.3) is 0 Å². The zero-order chi connectivity index (χ0) is 110. The number of amides is 4. The highest BCUT2D eigenvalue weighted by atomic mass is 32.2. The van der Waals surface area contributed by atoms with Crippen LogP contribution in [-0.4, -0.2) is 370 Å². The highest BCUT2D eigenvalue weighted by molar-refractivity contribution is 8.00. The van der Waals surface area contributed by atoms with E-state index in [1.54, 1.807) is 95.2 Å². The van der Waals surface area contributed by atoms with Crippen molar-refractivity contribution in [3.8, 4) is 12.1 Å². The van der Waals surface area contributed by atoms with Crippen molar-refractivity contribution in [2.75, 3.05) is 109 Å². The van der Waals surface area contributed by atoms with Gasteiger partial charge in [0, 0.05) is 48.2 Å². The van der Waals surface area contributed by atoms with Gasteiger partial charge in [-0.05, 0) is 95.2 Å². The van der Waals surface area contributed by atoms with Crippen LogP contribution in [0.4, 0.5) is 42.4 Å². The van der Waals surface area contributed by atoms with Gasteiger partial charge in [-0.1, -0.05) is 0 Å². The predicted octanol–water partition coefficient (Wildman–Crippen LogP) is 1.50. The van der Waals surface area contributed by atoms with Gasteiger partial charge in [-0.3, -0.25) is 65.0 Å². The van der Waals surface area contributed by atoms with E-state index in [1.807, 2.05) is 0 Å². The highest BCUT2D eigenvalue weighted by Crippen LogP contribution is 2.53. The first-order valence-corrected chi connectivity index (χ1v) is 54.8. The molecule has 8 saturated heterocycles. The van der Waals surface area contributed by atoms with Gasteiger partial charge in [-0.25, -0.2) is 96.1 Å². The number of thioether (sulfide) groups is 4. The first-order chi connectivity index (χ1) is 69.4. The number of carbonyl (C=O) groups excluding carboxylic acids is 7. The monoisotopic (exact) mass is 2260 g/mol. The first kappa shape index (κ1) is 120. The van der Waals surface area contributed by atoms with E-state index in [2.05, 4.69) is 48.9 Å². The van der Waals surface area contributed by atoms with Crippen LogP contribution in [-0.2, 0) is 117 Å². The number of nitrogen functional groups attached to an aromatic ring is 4. The molecule has 0 spiro atoms. The van der Waals surface area contributed by atoms with E-state index >= 15 is 0 Å². The normalized spacial score (nSPS) is 25.7. The van der Waals surface area contributed by atoms with Crippen LogP contribution in [0.25, 0.3) is 22.3 Å². The fourth-order valence-corrected chi connectivity index (χ4v) is 21.4. The lowest BCUT2D eigenvalue weighted by molar-refractivity contribution is -0.161. The summed E-state index contributed by atoms with van der Waals surface area (Å²) in [5.74, 6) is -0.382. The number of fused-ring (bicyclic) bond motifs is 2. The Bertz CT molecular complexity index is 6100. The second kappa shape index (κ2) is 50.9. The summed E-state index contributed by atoms with van der Waals surface area (Å²) in [6, 6.07) is 2.78. The Balaban J connectivity index is 0.000000212. The van der Waals surface area contributed by atoms with Gasteiger partial charge in [0.2, 0.25) is 0 Å². The Morgan fingerprint density at radius 3 is 1.13 bits per heavy atom. The number of hydrogen-bond acceptors (Lipinski definition) is 52. The van der Waals surface area contributed by atoms with Crippen molar-refractivity contribution in [1.82, 2.24) is 77.7 Å². The maximum absolute atomic E-state index is 13.6. The molecular weight excluding hydrogens is 2150 g/mol. The summed E-state index contributed by atoms with van der Waals surface area (Å²) in [7, 11) is -20.2. The summed E-state index contributed by atoms with van der Waals surface area (Å²) >= 11 is 5.57. The van der Waals surface area contributed by atoms with E-state index in [-0.39, 0.29) is 83.3 Å². The third kappa shape index (κ3) is 34.3. The summed E-state index contributed by atoms with van der Waals surface area (Å²) < 4.78 is 143. The van der Waals surface area contributed by atoms with E-state index in [1.165, 1.54) is 119 Å². The number of phosphoric acid groups is 4. The minimum atomic E-state index is -5.19. The minimum absolute atomic E-state index is 0.0172. The summed E-state index contributed by atoms with van der Waals surface area (Å²) in [5.41, 5.74) is 19.1. The number of hydrogen-bond donors (Lipinski definition) is 14. The molecule has 18 N–H and O–H groups in total. The average molecular weight is 2270 g/mol. The number of carboxylic acid groups (broad SMARTS) is 1. The molecule has 71 heteroatoms. The zero-order valence-corrected chi connectivity index (χ0v) is 88.1. The number of aliphatic carboxylic acids is 1. The molecule has 0 bridgehead atoms. The van der Waals surface area contributed by atoms with E-state index in [0.717, 1.165) is 15.5 Å². The van der Waals surface area contributed by atoms with Gasteiger partial charge < -0.3 is 125 Å². The lowest BCUT2D eigenvalue weighted by Crippen LogP contribution is -2.48. The number of nitriles is 2. The van der Waals surface area contributed by atoms with Crippen LogP contribution in [0.15, 0.2) is 59.4 Å². The van der Waals surface area contributed by atoms with Gasteiger partial charge in [-0.2, -0.15) is 20.5 Å². The number of phosphoric ester groups is 4. The van der Waals surface area contributed by atoms with E-state index in [0.29, 0.717) is 34.9 Å². The van der Waals surface area contributed by atoms with Gasteiger partial charge in [0.1, 0.15) is 161 Å². The number of nitrogens with zero attached hydrogens (tertiary/aromatic N) is 18. The topological polar surface area (TPSA) is 886 Å². The van der Waals surface area contributed by atoms with Crippen molar-refractivity contribution in [2.24, 2.45) is 0 Å². The van der Waals surface area contributed by atoms with Crippen molar-refractivity contribution >= 4 is 172 Å². The molecule has 14 heterocycles. The standard InChI is InChI=1S/C28H39N9O16P2S.C19H26N8O13P2.2C11H16N2O4S.C9H15NO4S/c1-28(2,3)52-27(41)37-12-56-9-13(37)25(39)51-21-16(50-24(20(21)38)36-11-33-19-22(30)31-10-32-23(19)36)8-48-55(45,46)53-14-6-18(35-5-4-17(29)34-26(35)40)49-15(14)7-47-54(42,43)44;20-11-1-2-26(19(30)25-11)12-3-8(9(38-12)4-36-41(31,32)33)40-42(34,35)37-5-10-14(28)15(29)18(39-10)27-7-24-13-16(21)22-6-23-17(13)27;2*1-11(2,3)17-10(15)13-7-18-6-8(13)9(14)16-5-4-12;1-9(2,3)14-8(13)10-5-15-4-6(10)7(11)12/h4-5,10-11,13-16,18,20-21,24,38H,6-9,12H2,1-3H3,(H,45,46)(H2,29,34,40)(H2,30,31,32)(H2,42,43,44);1-2,6-10,12,14-15,18,28-29H,3-5H2,(H,34,35)(H2,20,25,30)(H2,21,22,23)(H2,31,32,33);2*8H,5-7H2,1-3H3;6H,4-5H2,1-3H3,(H,11,12)/t13-,14-,15+,16+,18+,20+,21+,24+;8-,9+,10+,12+,14+,15+,18+;2*8-;6-/m00000/s1.